The van der Waals surface area contributed by atoms with E-state index >= 15 is 0 Å². The molecule has 2 aromatic rings. The molecule has 1 atom stereocenters. The van der Waals surface area contributed by atoms with Crippen LogP contribution in [0.15, 0.2) is 23.6 Å². The van der Waals surface area contributed by atoms with Crippen molar-refractivity contribution in [2.24, 2.45) is 0 Å². The van der Waals surface area contributed by atoms with Crippen LogP contribution in [0.3, 0.4) is 0 Å². The van der Waals surface area contributed by atoms with Crippen LogP contribution in [0.5, 0.6) is 5.75 Å². The van der Waals surface area contributed by atoms with Gasteiger partial charge in [-0.15, -0.1) is 22.9 Å². The molecule has 0 amide bonds. The van der Waals surface area contributed by atoms with E-state index in [2.05, 4.69) is 11.9 Å². The Morgan fingerprint density at radius 1 is 1.42 bits per heavy atom. The molecule has 1 aromatic heterocycles. The average molecular weight is 316 g/mol. The minimum absolute atomic E-state index is 0.0900. The van der Waals surface area contributed by atoms with Gasteiger partial charge in [-0.05, 0) is 37.1 Å². The lowest BCUT2D eigenvalue weighted by Crippen LogP contribution is -2.03. The number of aryl methyl sites for hydroxylation is 1. The number of rotatable bonds is 5. The maximum absolute atomic E-state index is 6.09. The molecule has 0 bridgehead atoms. The lowest BCUT2D eigenvalue weighted by atomic mass is 10.1. The number of nitrogens with zero attached hydrogens (tertiary/aromatic N) is 1. The molecule has 1 unspecified atom stereocenters. The Labute approximate surface area is 127 Å². The van der Waals surface area contributed by atoms with Crippen LogP contribution in [0.25, 0.3) is 0 Å². The summed E-state index contributed by atoms with van der Waals surface area (Å²) in [6, 6.07) is 5.73. The van der Waals surface area contributed by atoms with Gasteiger partial charge < -0.3 is 4.74 Å². The van der Waals surface area contributed by atoms with Crippen LogP contribution in [0.1, 0.15) is 36.2 Å². The Morgan fingerprint density at radius 2 is 2.21 bits per heavy atom. The van der Waals surface area contributed by atoms with E-state index in [0.717, 1.165) is 33.5 Å². The molecular formula is C14H15Cl2NOS. The molecule has 102 valence electrons. The van der Waals surface area contributed by atoms with E-state index in [4.69, 9.17) is 27.9 Å². The van der Waals surface area contributed by atoms with Crippen molar-refractivity contribution in [3.8, 4) is 5.75 Å². The molecule has 5 heteroatoms. The molecule has 2 rings (SSSR count). The Bertz CT molecular complexity index is 556. The van der Waals surface area contributed by atoms with E-state index in [1.807, 2.05) is 30.5 Å². The van der Waals surface area contributed by atoms with Crippen molar-refractivity contribution in [2.75, 3.05) is 0 Å². The summed E-state index contributed by atoms with van der Waals surface area (Å²) in [5.74, 6) is 1.25. The van der Waals surface area contributed by atoms with Crippen LogP contribution in [0.4, 0.5) is 0 Å². The van der Waals surface area contributed by atoms with Crippen molar-refractivity contribution in [3.63, 3.8) is 0 Å². The SMILES string of the molecule is CCc1cc(OC(C)c2nc(CCl)cs2)ccc1Cl. The Hall–Kier alpha value is -0.770. The van der Waals surface area contributed by atoms with Gasteiger partial charge in [0.2, 0.25) is 0 Å². The third kappa shape index (κ3) is 3.62. The topological polar surface area (TPSA) is 22.1 Å². The highest BCUT2D eigenvalue weighted by Crippen LogP contribution is 2.28. The molecule has 0 fully saturated rings. The Balaban J connectivity index is 2.11. The number of hydrogen-bond donors (Lipinski definition) is 0. The van der Waals surface area contributed by atoms with E-state index in [9.17, 15) is 0 Å². The summed E-state index contributed by atoms with van der Waals surface area (Å²) in [7, 11) is 0. The number of halogens is 2. The van der Waals surface area contributed by atoms with Crippen molar-refractivity contribution in [1.29, 1.82) is 0 Å². The monoisotopic (exact) mass is 315 g/mol. The first-order valence-corrected chi connectivity index (χ1v) is 7.88. The molecule has 0 spiro atoms. The van der Waals surface area contributed by atoms with Gasteiger partial charge in [-0.25, -0.2) is 4.98 Å². The van der Waals surface area contributed by atoms with E-state index < -0.39 is 0 Å². The highest BCUT2D eigenvalue weighted by molar-refractivity contribution is 7.09. The van der Waals surface area contributed by atoms with Gasteiger partial charge in [0.1, 0.15) is 16.9 Å². The molecular weight excluding hydrogens is 301 g/mol. The molecule has 2 nitrogen and oxygen atoms in total. The first-order valence-electron chi connectivity index (χ1n) is 6.09. The quantitative estimate of drug-likeness (QED) is 0.704. The number of alkyl halides is 1. The van der Waals surface area contributed by atoms with E-state index in [1.54, 1.807) is 11.3 Å². The van der Waals surface area contributed by atoms with Crippen molar-refractivity contribution >= 4 is 34.5 Å². The van der Waals surface area contributed by atoms with Gasteiger partial charge in [0.25, 0.3) is 0 Å². The van der Waals surface area contributed by atoms with Gasteiger partial charge in [0.05, 0.1) is 11.6 Å². The molecule has 1 heterocycles. The van der Waals surface area contributed by atoms with Crippen molar-refractivity contribution in [3.05, 3.63) is 44.9 Å². The smallest absolute Gasteiger partial charge is 0.147 e. The Morgan fingerprint density at radius 3 is 2.84 bits per heavy atom. The second-order valence-electron chi connectivity index (χ2n) is 4.18. The van der Waals surface area contributed by atoms with Gasteiger partial charge >= 0.3 is 0 Å². The van der Waals surface area contributed by atoms with Crippen molar-refractivity contribution < 1.29 is 4.74 Å². The molecule has 0 aliphatic heterocycles. The largest absolute Gasteiger partial charge is 0.484 e. The summed E-state index contributed by atoms with van der Waals surface area (Å²) >= 11 is 13.4. The number of ether oxygens (including phenoxy) is 1. The minimum Gasteiger partial charge on any atom is -0.484 e. The maximum atomic E-state index is 6.09. The molecule has 0 N–H and O–H groups in total. The third-order valence-electron chi connectivity index (χ3n) is 2.77. The fraction of sp³-hybridized carbons (Fsp3) is 0.357. The molecule has 1 aromatic carbocycles. The molecule has 19 heavy (non-hydrogen) atoms. The molecule has 0 saturated heterocycles. The van der Waals surface area contributed by atoms with Gasteiger partial charge in [0, 0.05) is 10.4 Å². The maximum Gasteiger partial charge on any atom is 0.147 e. The predicted molar refractivity (Wildman–Crippen MR) is 81.5 cm³/mol. The molecule has 0 aliphatic carbocycles. The van der Waals surface area contributed by atoms with Crippen LogP contribution < -0.4 is 4.74 Å². The zero-order valence-corrected chi connectivity index (χ0v) is 13.1. The third-order valence-corrected chi connectivity index (χ3v) is 4.46. The van der Waals surface area contributed by atoms with Crippen LogP contribution in [0.2, 0.25) is 5.02 Å². The molecule has 0 saturated carbocycles. The van der Waals surface area contributed by atoms with Crippen LogP contribution in [-0.2, 0) is 12.3 Å². The van der Waals surface area contributed by atoms with Crippen LogP contribution >= 0.6 is 34.5 Å². The average Bonchev–Trinajstić information content (AvgIpc) is 2.90. The Kier molecular flexibility index (Phi) is 5.08. The number of benzene rings is 1. The van der Waals surface area contributed by atoms with Gasteiger partial charge in [0.15, 0.2) is 0 Å². The second-order valence-corrected chi connectivity index (χ2v) is 5.74. The predicted octanol–water partition coefficient (Wildman–Crippen LogP) is 5.24. The standard InChI is InChI=1S/C14H15Cl2NOS/c1-3-10-6-12(4-5-13(10)16)18-9(2)14-17-11(7-15)8-19-14/h4-6,8-9H,3,7H2,1-2H3. The van der Waals surface area contributed by atoms with E-state index in [1.165, 1.54) is 0 Å². The van der Waals surface area contributed by atoms with E-state index in [0.29, 0.717) is 5.88 Å². The number of aromatic nitrogens is 1. The van der Waals surface area contributed by atoms with Crippen LogP contribution in [0, 0.1) is 0 Å². The van der Waals surface area contributed by atoms with E-state index in [-0.39, 0.29) is 6.10 Å². The fourth-order valence-electron chi connectivity index (χ4n) is 1.72. The summed E-state index contributed by atoms with van der Waals surface area (Å²) in [4.78, 5) is 4.42. The van der Waals surface area contributed by atoms with Crippen LogP contribution in [-0.4, -0.2) is 4.98 Å². The number of thiazole rings is 1. The zero-order valence-electron chi connectivity index (χ0n) is 10.8. The number of hydrogen-bond acceptors (Lipinski definition) is 3. The summed E-state index contributed by atoms with van der Waals surface area (Å²) in [5, 5.41) is 3.67. The van der Waals surface area contributed by atoms with Gasteiger partial charge in [-0.2, -0.15) is 0 Å². The van der Waals surface area contributed by atoms with Crippen molar-refractivity contribution in [1.82, 2.24) is 4.98 Å². The summed E-state index contributed by atoms with van der Waals surface area (Å²) < 4.78 is 5.90. The first kappa shape index (κ1) is 14.6. The second kappa shape index (κ2) is 6.60. The van der Waals surface area contributed by atoms with Gasteiger partial charge in [-0.3, -0.25) is 0 Å². The lowest BCUT2D eigenvalue weighted by Gasteiger charge is -2.13. The highest BCUT2D eigenvalue weighted by Gasteiger charge is 2.12. The molecule has 0 radical (unpaired) electrons. The zero-order chi connectivity index (χ0) is 13.8. The normalized spacial score (nSPS) is 12.4. The summed E-state index contributed by atoms with van der Waals surface area (Å²) in [6.45, 7) is 4.05. The summed E-state index contributed by atoms with van der Waals surface area (Å²) in [5.41, 5.74) is 1.98. The minimum atomic E-state index is -0.0900. The fourth-order valence-corrected chi connectivity index (χ4v) is 3.00. The first-order chi connectivity index (χ1) is 9.13. The van der Waals surface area contributed by atoms with Gasteiger partial charge in [-0.1, -0.05) is 18.5 Å². The molecule has 0 aliphatic rings. The summed E-state index contributed by atoms with van der Waals surface area (Å²) in [6.07, 6.45) is 0.797. The van der Waals surface area contributed by atoms with Crippen molar-refractivity contribution in [2.45, 2.75) is 32.3 Å². The highest BCUT2D eigenvalue weighted by atomic mass is 35.5. The lowest BCUT2D eigenvalue weighted by molar-refractivity contribution is 0.226.